The fourth-order valence-corrected chi connectivity index (χ4v) is 2.79. The minimum Gasteiger partial charge on any atom is -0.326 e. The van der Waals surface area contributed by atoms with E-state index in [-0.39, 0.29) is 11.6 Å². The third-order valence-electron chi connectivity index (χ3n) is 4.09. The number of amides is 1. The predicted octanol–water partition coefficient (Wildman–Crippen LogP) is 1.34. The second-order valence-electron chi connectivity index (χ2n) is 4.69. The Kier molecular flexibility index (Phi) is 2.52. The first-order valence-corrected chi connectivity index (χ1v) is 5.69. The van der Waals surface area contributed by atoms with Crippen LogP contribution >= 0.6 is 0 Å². The SMILES string of the molecule is CCC1CCC2(CC1)NCC(=O)N2C. The summed E-state index contributed by atoms with van der Waals surface area (Å²) in [7, 11) is 1.94. The first-order chi connectivity index (χ1) is 6.68. The van der Waals surface area contributed by atoms with Crippen molar-refractivity contribution in [3.05, 3.63) is 0 Å². The van der Waals surface area contributed by atoms with Crippen LogP contribution in [0.25, 0.3) is 0 Å². The number of rotatable bonds is 1. The highest BCUT2D eigenvalue weighted by Gasteiger charge is 2.44. The maximum absolute atomic E-state index is 11.5. The van der Waals surface area contributed by atoms with Crippen molar-refractivity contribution in [1.82, 2.24) is 10.2 Å². The van der Waals surface area contributed by atoms with Gasteiger partial charge in [-0.15, -0.1) is 0 Å². The molecule has 0 aromatic heterocycles. The van der Waals surface area contributed by atoms with E-state index in [1.807, 2.05) is 11.9 Å². The van der Waals surface area contributed by atoms with Gasteiger partial charge in [0, 0.05) is 7.05 Å². The van der Waals surface area contributed by atoms with Crippen LogP contribution in [0.15, 0.2) is 0 Å². The molecule has 1 saturated heterocycles. The average Bonchev–Trinajstić information content (AvgIpc) is 2.49. The lowest BCUT2D eigenvalue weighted by molar-refractivity contribution is -0.129. The number of nitrogens with zero attached hydrogens (tertiary/aromatic N) is 1. The molecule has 2 aliphatic rings. The quantitative estimate of drug-likeness (QED) is 0.686. The molecule has 0 bridgehead atoms. The Hall–Kier alpha value is -0.570. The van der Waals surface area contributed by atoms with Gasteiger partial charge in [-0.3, -0.25) is 10.1 Å². The van der Waals surface area contributed by atoms with E-state index in [0.29, 0.717) is 6.54 Å². The standard InChI is InChI=1S/C11H20N2O/c1-3-9-4-6-11(7-5-9)12-8-10(14)13(11)2/h9,12H,3-8H2,1-2H3. The summed E-state index contributed by atoms with van der Waals surface area (Å²) >= 11 is 0. The molecule has 2 rings (SSSR count). The topological polar surface area (TPSA) is 32.3 Å². The fourth-order valence-electron chi connectivity index (χ4n) is 2.79. The molecule has 1 heterocycles. The molecule has 1 spiro atoms. The average molecular weight is 196 g/mol. The van der Waals surface area contributed by atoms with E-state index < -0.39 is 0 Å². The maximum Gasteiger partial charge on any atom is 0.237 e. The molecule has 1 aliphatic heterocycles. The highest BCUT2D eigenvalue weighted by Crippen LogP contribution is 2.37. The third kappa shape index (κ3) is 1.44. The second kappa shape index (κ2) is 3.54. The van der Waals surface area contributed by atoms with E-state index in [9.17, 15) is 4.79 Å². The van der Waals surface area contributed by atoms with Crippen LogP contribution in [-0.4, -0.2) is 30.1 Å². The number of carbonyl (C=O) groups is 1. The molecule has 1 amide bonds. The number of likely N-dealkylation sites (N-methyl/N-ethyl adjacent to an activating group) is 1. The normalized spacial score (nSPS) is 38.3. The fraction of sp³-hybridized carbons (Fsp3) is 0.909. The van der Waals surface area contributed by atoms with Crippen LogP contribution in [0.4, 0.5) is 0 Å². The molecule has 2 fully saturated rings. The van der Waals surface area contributed by atoms with Crippen molar-refractivity contribution in [3.8, 4) is 0 Å². The van der Waals surface area contributed by atoms with Gasteiger partial charge in [-0.1, -0.05) is 13.3 Å². The van der Waals surface area contributed by atoms with Crippen molar-refractivity contribution in [2.45, 2.75) is 44.7 Å². The monoisotopic (exact) mass is 196 g/mol. The molecule has 1 aliphatic carbocycles. The van der Waals surface area contributed by atoms with Crippen molar-refractivity contribution in [3.63, 3.8) is 0 Å². The summed E-state index contributed by atoms with van der Waals surface area (Å²) in [5.74, 6) is 1.13. The summed E-state index contributed by atoms with van der Waals surface area (Å²) in [6, 6.07) is 0. The largest absolute Gasteiger partial charge is 0.326 e. The highest BCUT2D eigenvalue weighted by atomic mass is 16.2. The predicted molar refractivity (Wildman–Crippen MR) is 55.8 cm³/mol. The van der Waals surface area contributed by atoms with Gasteiger partial charge in [-0.25, -0.2) is 0 Å². The van der Waals surface area contributed by atoms with Gasteiger partial charge in [0.1, 0.15) is 0 Å². The Morgan fingerprint density at radius 3 is 2.57 bits per heavy atom. The lowest BCUT2D eigenvalue weighted by Gasteiger charge is -2.41. The highest BCUT2D eigenvalue weighted by molar-refractivity contribution is 5.81. The van der Waals surface area contributed by atoms with Crippen LogP contribution in [0.1, 0.15) is 39.0 Å². The Labute approximate surface area is 85.8 Å². The van der Waals surface area contributed by atoms with Gasteiger partial charge in [0.15, 0.2) is 0 Å². The molecule has 3 nitrogen and oxygen atoms in total. The van der Waals surface area contributed by atoms with Gasteiger partial charge in [0.05, 0.1) is 12.2 Å². The molecule has 0 aromatic carbocycles. The zero-order valence-corrected chi connectivity index (χ0v) is 9.18. The van der Waals surface area contributed by atoms with Gasteiger partial charge >= 0.3 is 0 Å². The van der Waals surface area contributed by atoms with Gasteiger partial charge in [0.25, 0.3) is 0 Å². The Morgan fingerprint density at radius 2 is 2.14 bits per heavy atom. The molecule has 14 heavy (non-hydrogen) atoms. The maximum atomic E-state index is 11.5. The van der Waals surface area contributed by atoms with Crippen molar-refractivity contribution >= 4 is 5.91 Å². The first-order valence-electron chi connectivity index (χ1n) is 5.69. The van der Waals surface area contributed by atoms with Crippen LogP contribution in [0.5, 0.6) is 0 Å². The summed E-state index contributed by atoms with van der Waals surface area (Å²) in [5.41, 5.74) is 0.0166. The number of hydrogen-bond donors (Lipinski definition) is 1. The van der Waals surface area contributed by atoms with Crippen molar-refractivity contribution in [2.24, 2.45) is 5.92 Å². The van der Waals surface area contributed by atoms with E-state index >= 15 is 0 Å². The van der Waals surface area contributed by atoms with E-state index in [1.54, 1.807) is 0 Å². The molecule has 0 atom stereocenters. The molecule has 1 N–H and O–H groups in total. The molecular weight excluding hydrogens is 176 g/mol. The number of hydrogen-bond acceptors (Lipinski definition) is 2. The summed E-state index contributed by atoms with van der Waals surface area (Å²) in [4.78, 5) is 13.4. The van der Waals surface area contributed by atoms with E-state index in [0.717, 1.165) is 18.8 Å². The van der Waals surface area contributed by atoms with Crippen LogP contribution in [0.3, 0.4) is 0 Å². The lowest BCUT2D eigenvalue weighted by atomic mass is 9.80. The van der Waals surface area contributed by atoms with E-state index in [2.05, 4.69) is 12.2 Å². The lowest BCUT2D eigenvalue weighted by Crippen LogP contribution is -2.52. The number of carbonyl (C=O) groups excluding carboxylic acids is 1. The van der Waals surface area contributed by atoms with Crippen molar-refractivity contribution in [2.75, 3.05) is 13.6 Å². The van der Waals surface area contributed by atoms with E-state index in [4.69, 9.17) is 0 Å². The third-order valence-corrected chi connectivity index (χ3v) is 4.09. The summed E-state index contributed by atoms with van der Waals surface area (Å²) < 4.78 is 0. The molecule has 0 radical (unpaired) electrons. The van der Waals surface area contributed by atoms with Crippen molar-refractivity contribution in [1.29, 1.82) is 0 Å². The molecule has 80 valence electrons. The summed E-state index contributed by atoms with van der Waals surface area (Å²) in [5, 5.41) is 3.39. The Morgan fingerprint density at radius 1 is 1.50 bits per heavy atom. The first kappa shape index (κ1) is 9.97. The zero-order chi connectivity index (χ0) is 10.2. The van der Waals surface area contributed by atoms with Gasteiger partial charge in [-0.05, 0) is 31.6 Å². The molecule has 3 heteroatoms. The van der Waals surface area contributed by atoms with Crippen molar-refractivity contribution < 1.29 is 4.79 Å². The molecular formula is C11H20N2O. The van der Waals surface area contributed by atoms with Crippen LogP contribution < -0.4 is 5.32 Å². The van der Waals surface area contributed by atoms with Gasteiger partial charge < -0.3 is 4.90 Å². The molecule has 0 unspecified atom stereocenters. The summed E-state index contributed by atoms with van der Waals surface area (Å²) in [6.45, 7) is 2.80. The minimum atomic E-state index is 0.0166. The van der Waals surface area contributed by atoms with Gasteiger partial charge in [0.2, 0.25) is 5.91 Å². The zero-order valence-electron chi connectivity index (χ0n) is 9.18. The van der Waals surface area contributed by atoms with Crippen LogP contribution in [0, 0.1) is 5.92 Å². The smallest absolute Gasteiger partial charge is 0.237 e. The van der Waals surface area contributed by atoms with Crippen LogP contribution in [-0.2, 0) is 4.79 Å². The minimum absolute atomic E-state index is 0.0166. The van der Waals surface area contributed by atoms with Gasteiger partial charge in [-0.2, -0.15) is 0 Å². The molecule has 1 saturated carbocycles. The molecule has 0 aromatic rings. The Balaban J connectivity index is 2.02. The van der Waals surface area contributed by atoms with Crippen LogP contribution in [0.2, 0.25) is 0 Å². The summed E-state index contributed by atoms with van der Waals surface area (Å²) in [6.07, 6.45) is 6.08. The van der Waals surface area contributed by atoms with E-state index in [1.165, 1.54) is 19.3 Å². The second-order valence-corrected chi connectivity index (χ2v) is 4.69. The number of nitrogens with one attached hydrogen (secondary N) is 1. The Bertz CT molecular complexity index is 231.